The van der Waals surface area contributed by atoms with Crippen molar-refractivity contribution >= 4 is 22.6 Å². The van der Waals surface area contributed by atoms with Crippen LogP contribution in [0.25, 0.3) is 0 Å². The van der Waals surface area contributed by atoms with Gasteiger partial charge in [-0.1, -0.05) is 32.4 Å². The zero-order valence-electron chi connectivity index (χ0n) is 12.2. The summed E-state index contributed by atoms with van der Waals surface area (Å²) in [6.45, 7) is 5.81. The van der Waals surface area contributed by atoms with Gasteiger partial charge in [-0.2, -0.15) is 0 Å². The summed E-state index contributed by atoms with van der Waals surface area (Å²) in [5, 5.41) is 3.79. The molecule has 1 aliphatic carbocycles. The predicted molar refractivity (Wildman–Crippen MR) is 91.4 cm³/mol. The van der Waals surface area contributed by atoms with Crippen molar-refractivity contribution in [2.24, 2.45) is 11.8 Å². The van der Waals surface area contributed by atoms with Crippen LogP contribution in [0.1, 0.15) is 45.1 Å². The zero-order valence-corrected chi connectivity index (χ0v) is 14.3. The van der Waals surface area contributed by atoms with Crippen molar-refractivity contribution in [1.29, 1.82) is 0 Å². The van der Waals surface area contributed by atoms with E-state index in [1.165, 1.54) is 41.2 Å². The average Bonchev–Trinajstić information content (AvgIpc) is 2.83. The van der Waals surface area contributed by atoms with Gasteiger partial charge in [0.1, 0.15) is 0 Å². The quantitative estimate of drug-likeness (QED) is 0.719. The first-order valence-electron chi connectivity index (χ1n) is 7.67. The monoisotopic (exact) mass is 371 g/mol. The standard InChI is InChI=1S/C17H26IN/c1-3-10-19-17(15-7-4-13(2)11-15)12-14-5-8-16(18)9-6-14/h5-6,8-9,13,15,17,19H,3-4,7,10-12H2,1-2H3. The molecule has 0 heterocycles. The van der Waals surface area contributed by atoms with Crippen LogP contribution in [-0.4, -0.2) is 12.6 Å². The van der Waals surface area contributed by atoms with E-state index in [4.69, 9.17) is 0 Å². The molecule has 2 heteroatoms. The number of rotatable bonds is 6. The molecule has 106 valence electrons. The van der Waals surface area contributed by atoms with E-state index < -0.39 is 0 Å². The molecule has 0 amide bonds. The van der Waals surface area contributed by atoms with Gasteiger partial charge in [-0.3, -0.25) is 0 Å². The first-order chi connectivity index (χ1) is 9.19. The molecule has 1 fully saturated rings. The molecule has 1 saturated carbocycles. The van der Waals surface area contributed by atoms with E-state index in [0.29, 0.717) is 6.04 Å². The number of halogens is 1. The molecule has 19 heavy (non-hydrogen) atoms. The molecule has 1 nitrogen and oxygen atoms in total. The van der Waals surface area contributed by atoms with Crippen molar-refractivity contribution in [2.45, 2.75) is 52.0 Å². The third-order valence-corrected chi connectivity index (χ3v) is 5.05. The Morgan fingerprint density at radius 2 is 2.00 bits per heavy atom. The Bertz CT molecular complexity index is 373. The Morgan fingerprint density at radius 1 is 1.26 bits per heavy atom. The third-order valence-electron chi connectivity index (χ3n) is 4.33. The Balaban J connectivity index is 1.98. The van der Waals surface area contributed by atoms with Crippen molar-refractivity contribution in [3.8, 4) is 0 Å². The summed E-state index contributed by atoms with van der Waals surface area (Å²) in [5.74, 6) is 1.80. The summed E-state index contributed by atoms with van der Waals surface area (Å²) in [6.07, 6.45) is 6.65. The number of nitrogens with one attached hydrogen (secondary N) is 1. The molecule has 1 N–H and O–H groups in total. The maximum atomic E-state index is 3.79. The molecule has 1 aromatic rings. The van der Waals surface area contributed by atoms with E-state index in [0.717, 1.165) is 18.4 Å². The molecule has 1 aromatic carbocycles. The van der Waals surface area contributed by atoms with Gasteiger partial charge in [0.15, 0.2) is 0 Å². The molecule has 0 spiro atoms. The zero-order chi connectivity index (χ0) is 13.7. The second-order valence-corrected chi connectivity index (χ2v) is 7.32. The highest BCUT2D eigenvalue weighted by atomic mass is 127. The van der Waals surface area contributed by atoms with Gasteiger partial charge in [0, 0.05) is 9.61 Å². The fourth-order valence-electron chi connectivity index (χ4n) is 3.23. The smallest absolute Gasteiger partial charge is 0.0136 e. The van der Waals surface area contributed by atoms with Crippen LogP contribution in [0.2, 0.25) is 0 Å². The van der Waals surface area contributed by atoms with Gasteiger partial charge in [-0.05, 0) is 84.4 Å². The number of benzene rings is 1. The molecule has 1 aliphatic rings. The summed E-state index contributed by atoms with van der Waals surface area (Å²) in [7, 11) is 0. The molecular formula is C17H26IN. The van der Waals surface area contributed by atoms with Gasteiger partial charge in [0.05, 0.1) is 0 Å². The van der Waals surface area contributed by atoms with Crippen LogP contribution in [0.3, 0.4) is 0 Å². The van der Waals surface area contributed by atoms with Crippen molar-refractivity contribution in [3.63, 3.8) is 0 Å². The largest absolute Gasteiger partial charge is 0.313 e. The van der Waals surface area contributed by atoms with Gasteiger partial charge in [0.2, 0.25) is 0 Å². The normalized spacial score (nSPS) is 24.6. The van der Waals surface area contributed by atoms with E-state index in [9.17, 15) is 0 Å². The fourth-order valence-corrected chi connectivity index (χ4v) is 3.59. The summed E-state index contributed by atoms with van der Waals surface area (Å²) in [6, 6.07) is 9.71. The van der Waals surface area contributed by atoms with Crippen molar-refractivity contribution in [1.82, 2.24) is 5.32 Å². The van der Waals surface area contributed by atoms with Crippen molar-refractivity contribution in [3.05, 3.63) is 33.4 Å². The highest BCUT2D eigenvalue weighted by molar-refractivity contribution is 14.1. The van der Waals surface area contributed by atoms with Gasteiger partial charge in [0.25, 0.3) is 0 Å². The summed E-state index contributed by atoms with van der Waals surface area (Å²) in [4.78, 5) is 0. The second kappa shape index (κ2) is 7.63. The van der Waals surface area contributed by atoms with Gasteiger partial charge in [-0.25, -0.2) is 0 Å². The highest BCUT2D eigenvalue weighted by Crippen LogP contribution is 2.33. The van der Waals surface area contributed by atoms with Crippen LogP contribution in [0.4, 0.5) is 0 Å². The van der Waals surface area contributed by atoms with E-state index in [1.807, 2.05) is 0 Å². The second-order valence-electron chi connectivity index (χ2n) is 6.07. The average molecular weight is 371 g/mol. The molecule has 0 bridgehead atoms. The van der Waals surface area contributed by atoms with Crippen LogP contribution < -0.4 is 5.32 Å². The van der Waals surface area contributed by atoms with Crippen LogP contribution in [0, 0.1) is 15.4 Å². The van der Waals surface area contributed by atoms with Crippen molar-refractivity contribution < 1.29 is 0 Å². The first-order valence-corrected chi connectivity index (χ1v) is 8.74. The minimum atomic E-state index is 0.671. The van der Waals surface area contributed by atoms with Crippen molar-refractivity contribution in [2.75, 3.05) is 6.54 Å². The van der Waals surface area contributed by atoms with Crippen LogP contribution >= 0.6 is 22.6 Å². The molecule has 3 atom stereocenters. The van der Waals surface area contributed by atoms with Crippen LogP contribution in [0.5, 0.6) is 0 Å². The minimum Gasteiger partial charge on any atom is -0.313 e. The lowest BCUT2D eigenvalue weighted by Gasteiger charge is -2.25. The minimum absolute atomic E-state index is 0.671. The number of hydrogen-bond donors (Lipinski definition) is 1. The molecule has 2 rings (SSSR count). The Kier molecular flexibility index (Phi) is 6.14. The summed E-state index contributed by atoms with van der Waals surface area (Å²) < 4.78 is 1.33. The number of hydrogen-bond acceptors (Lipinski definition) is 1. The maximum absolute atomic E-state index is 3.79. The first kappa shape index (κ1) is 15.3. The fraction of sp³-hybridized carbons (Fsp3) is 0.647. The van der Waals surface area contributed by atoms with E-state index >= 15 is 0 Å². The highest BCUT2D eigenvalue weighted by Gasteiger charge is 2.28. The molecule has 3 unspecified atom stereocenters. The van der Waals surface area contributed by atoms with Gasteiger partial charge in [-0.15, -0.1) is 0 Å². The Morgan fingerprint density at radius 3 is 2.58 bits per heavy atom. The molecular weight excluding hydrogens is 345 g/mol. The molecule has 0 radical (unpaired) electrons. The third kappa shape index (κ3) is 4.75. The molecule has 0 aromatic heterocycles. The Hall–Kier alpha value is -0.0900. The predicted octanol–water partition coefficient (Wildman–Crippen LogP) is 4.64. The maximum Gasteiger partial charge on any atom is 0.0136 e. The van der Waals surface area contributed by atoms with E-state index in [-0.39, 0.29) is 0 Å². The van der Waals surface area contributed by atoms with Gasteiger partial charge >= 0.3 is 0 Å². The lowest BCUT2D eigenvalue weighted by molar-refractivity contribution is 0.348. The molecule has 0 aliphatic heterocycles. The van der Waals surface area contributed by atoms with Crippen LogP contribution in [0.15, 0.2) is 24.3 Å². The summed E-state index contributed by atoms with van der Waals surface area (Å²) in [5.41, 5.74) is 1.48. The van der Waals surface area contributed by atoms with E-state index in [1.54, 1.807) is 0 Å². The summed E-state index contributed by atoms with van der Waals surface area (Å²) >= 11 is 2.38. The van der Waals surface area contributed by atoms with E-state index in [2.05, 4.69) is 66.0 Å². The topological polar surface area (TPSA) is 12.0 Å². The molecule has 0 saturated heterocycles. The lowest BCUT2D eigenvalue weighted by atomic mass is 9.91. The lowest BCUT2D eigenvalue weighted by Crippen LogP contribution is -2.37. The Labute approximate surface area is 131 Å². The van der Waals surface area contributed by atoms with Gasteiger partial charge < -0.3 is 5.32 Å². The van der Waals surface area contributed by atoms with Crippen LogP contribution in [-0.2, 0) is 6.42 Å². The SMILES string of the molecule is CCCNC(Cc1ccc(I)cc1)C1CCC(C)C1.